The lowest BCUT2D eigenvalue weighted by Gasteiger charge is -2.16. The van der Waals surface area contributed by atoms with Gasteiger partial charge in [0.15, 0.2) is 9.84 Å². The monoisotopic (exact) mass is 390 g/mol. The first-order valence-corrected chi connectivity index (χ1v) is 9.09. The van der Waals surface area contributed by atoms with Crippen LogP contribution in [0.25, 0.3) is 0 Å². The Labute approximate surface area is 138 Å². The topological polar surface area (TPSA) is 60.4 Å². The molecule has 0 aromatic heterocycles. The second-order valence-electron chi connectivity index (χ2n) is 4.61. The van der Waals surface area contributed by atoms with E-state index in [1.807, 2.05) is 0 Å². The van der Waals surface area contributed by atoms with E-state index in [-0.39, 0.29) is 34.4 Å². The molecule has 0 N–H and O–H groups in total. The van der Waals surface area contributed by atoms with Crippen LogP contribution in [0.5, 0.6) is 0 Å². The Morgan fingerprint density at radius 2 is 2.14 bits per heavy atom. The molecule has 22 heavy (non-hydrogen) atoms. The summed E-state index contributed by atoms with van der Waals surface area (Å²) in [5.41, 5.74) is 0.105. The number of sulfone groups is 1. The fourth-order valence-electron chi connectivity index (χ4n) is 1.95. The molecular weight excluding hydrogens is 375 g/mol. The van der Waals surface area contributed by atoms with Crippen molar-refractivity contribution in [1.29, 1.82) is 0 Å². The molecule has 0 saturated heterocycles. The minimum absolute atomic E-state index is 0.0625. The van der Waals surface area contributed by atoms with Gasteiger partial charge in [0.25, 0.3) is 0 Å². The lowest BCUT2D eigenvalue weighted by molar-refractivity contribution is -0.142. The Hall–Kier alpha value is -1.39. The zero-order valence-corrected chi connectivity index (χ0v) is 14.4. The molecule has 0 aliphatic rings. The van der Waals surface area contributed by atoms with Gasteiger partial charge in [-0.3, -0.25) is 4.79 Å². The van der Waals surface area contributed by atoms with Crippen molar-refractivity contribution < 1.29 is 22.3 Å². The zero-order valence-electron chi connectivity index (χ0n) is 12.0. The summed E-state index contributed by atoms with van der Waals surface area (Å²) < 4.78 is 42.7. The zero-order chi connectivity index (χ0) is 16.8. The van der Waals surface area contributed by atoms with Crippen LogP contribution in [0.4, 0.5) is 4.39 Å². The average molecular weight is 391 g/mol. The van der Waals surface area contributed by atoms with Crippen molar-refractivity contribution in [2.75, 3.05) is 18.6 Å². The molecule has 4 nitrogen and oxygen atoms in total. The van der Waals surface area contributed by atoms with E-state index in [4.69, 9.17) is 6.42 Å². The van der Waals surface area contributed by atoms with Crippen molar-refractivity contribution in [2.45, 2.75) is 18.8 Å². The normalized spacial score (nSPS) is 12.5. The molecule has 0 aliphatic heterocycles. The molecule has 1 atom stereocenters. The summed E-state index contributed by atoms with van der Waals surface area (Å²) in [7, 11) is -2.22. The second-order valence-corrected chi connectivity index (χ2v) is 7.77. The molecule has 0 aliphatic carbocycles. The third kappa shape index (κ3) is 5.11. The van der Waals surface area contributed by atoms with Crippen molar-refractivity contribution in [1.82, 2.24) is 0 Å². The smallest absolute Gasteiger partial charge is 0.313 e. The summed E-state index contributed by atoms with van der Waals surface area (Å²) in [6.07, 6.45) is 5.09. The van der Waals surface area contributed by atoms with Gasteiger partial charge in [0.2, 0.25) is 0 Å². The summed E-state index contributed by atoms with van der Waals surface area (Å²) >= 11 is 3.04. The molecule has 1 aromatic carbocycles. The Morgan fingerprint density at radius 3 is 2.73 bits per heavy atom. The highest BCUT2D eigenvalue weighted by atomic mass is 79.9. The number of carbonyl (C=O) groups is 1. The summed E-state index contributed by atoms with van der Waals surface area (Å²) in [5.74, 6) is -0.419. The maximum Gasteiger partial charge on any atom is 0.313 e. The van der Waals surface area contributed by atoms with E-state index >= 15 is 0 Å². The Bertz CT molecular complexity index is 679. The van der Waals surface area contributed by atoms with Crippen LogP contribution in [0.15, 0.2) is 22.7 Å². The molecule has 1 rings (SSSR count). The molecule has 0 spiro atoms. The van der Waals surface area contributed by atoms with E-state index in [2.05, 4.69) is 26.6 Å². The number of ether oxygens (including phenoxy) is 1. The van der Waals surface area contributed by atoms with Crippen molar-refractivity contribution in [3.05, 3.63) is 34.1 Å². The number of terminal acetylenes is 1. The Morgan fingerprint density at radius 1 is 1.45 bits per heavy atom. The van der Waals surface area contributed by atoms with Crippen LogP contribution in [0.2, 0.25) is 0 Å². The number of esters is 1. The third-order valence-electron chi connectivity index (χ3n) is 3.12. The van der Waals surface area contributed by atoms with Gasteiger partial charge in [-0.15, -0.1) is 12.3 Å². The number of carbonyl (C=O) groups excluding carboxylic acids is 1. The number of hydrogen-bond donors (Lipinski definition) is 0. The predicted molar refractivity (Wildman–Crippen MR) is 85.6 cm³/mol. The van der Waals surface area contributed by atoms with Crippen molar-refractivity contribution in [3.63, 3.8) is 0 Å². The molecule has 0 amide bonds. The summed E-state index contributed by atoms with van der Waals surface area (Å²) in [4.78, 5) is 11.9. The lowest BCUT2D eigenvalue weighted by atomic mass is 9.96. The highest BCUT2D eigenvalue weighted by Gasteiger charge is 2.27. The van der Waals surface area contributed by atoms with Crippen molar-refractivity contribution in [2.24, 2.45) is 0 Å². The van der Waals surface area contributed by atoms with Gasteiger partial charge in [0.05, 0.1) is 29.0 Å². The van der Waals surface area contributed by atoms with Crippen LogP contribution in [-0.2, 0) is 19.4 Å². The van der Waals surface area contributed by atoms with E-state index in [1.165, 1.54) is 19.2 Å². The molecule has 0 bridgehead atoms. The second kappa shape index (κ2) is 8.30. The van der Waals surface area contributed by atoms with Crippen molar-refractivity contribution in [3.8, 4) is 12.3 Å². The SMILES string of the molecule is C#CCCS(=O)(=O)CCC(C(=O)OC)c1cccc(Br)c1F. The molecule has 1 unspecified atom stereocenters. The molecule has 0 heterocycles. The number of halogens is 2. The van der Waals surface area contributed by atoms with Gasteiger partial charge < -0.3 is 4.74 Å². The maximum atomic E-state index is 14.1. The minimum atomic E-state index is -3.40. The molecular formula is C15H16BrFO4S. The highest BCUT2D eigenvalue weighted by Crippen LogP contribution is 2.28. The first-order valence-electron chi connectivity index (χ1n) is 6.48. The van der Waals surface area contributed by atoms with Gasteiger partial charge in [0.1, 0.15) is 5.82 Å². The molecule has 120 valence electrons. The van der Waals surface area contributed by atoms with Gasteiger partial charge in [-0.25, -0.2) is 12.8 Å². The van der Waals surface area contributed by atoms with Crippen LogP contribution in [0.1, 0.15) is 24.3 Å². The Kier molecular flexibility index (Phi) is 7.04. The number of benzene rings is 1. The number of rotatable bonds is 7. The standard InChI is InChI=1S/C15H16BrFO4S/c1-3-4-9-22(19,20)10-8-12(15(18)21-2)11-6-5-7-13(16)14(11)17/h1,5-7,12H,4,8-10H2,2H3. The number of hydrogen-bond acceptors (Lipinski definition) is 4. The highest BCUT2D eigenvalue weighted by molar-refractivity contribution is 9.10. The maximum absolute atomic E-state index is 14.1. The van der Waals surface area contributed by atoms with Gasteiger partial charge in [-0.1, -0.05) is 12.1 Å². The summed E-state index contributed by atoms with van der Waals surface area (Å²) in [6, 6.07) is 4.51. The molecule has 0 radical (unpaired) electrons. The first kappa shape index (κ1) is 18.7. The van der Waals surface area contributed by atoms with E-state index in [1.54, 1.807) is 6.07 Å². The lowest BCUT2D eigenvalue weighted by Crippen LogP contribution is -2.21. The van der Waals surface area contributed by atoms with E-state index in [0.717, 1.165) is 0 Å². The average Bonchev–Trinajstić information content (AvgIpc) is 2.49. The quantitative estimate of drug-likeness (QED) is 0.530. The molecule has 1 aromatic rings. The summed E-state index contributed by atoms with van der Waals surface area (Å²) in [6.45, 7) is 0. The minimum Gasteiger partial charge on any atom is -0.469 e. The fourth-order valence-corrected chi connectivity index (χ4v) is 3.56. The van der Waals surface area contributed by atoms with E-state index in [0.29, 0.717) is 0 Å². The van der Waals surface area contributed by atoms with Crippen LogP contribution in [0.3, 0.4) is 0 Å². The van der Waals surface area contributed by atoms with Gasteiger partial charge in [0, 0.05) is 12.0 Å². The predicted octanol–water partition coefficient (Wildman–Crippen LogP) is 2.67. The van der Waals surface area contributed by atoms with Crippen LogP contribution in [0, 0.1) is 18.2 Å². The van der Waals surface area contributed by atoms with E-state index < -0.39 is 27.5 Å². The molecule has 7 heteroatoms. The number of methoxy groups -OCH3 is 1. The molecule has 0 fully saturated rings. The van der Waals surface area contributed by atoms with Gasteiger partial charge in [-0.2, -0.15) is 0 Å². The Balaban J connectivity index is 2.99. The largest absolute Gasteiger partial charge is 0.469 e. The van der Waals surface area contributed by atoms with Gasteiger partial charge >= 0.3 is 5.97 Å². The van der Waals surface area contributed by atoms with Crippen LogP contribution in [-0.4, -0.2) is 33.0 Å². The summed E-state index contributed by atoms with van der Waals surface area (Å²) in [5, 5.41) is 0. The molecule has 0 saturated carbocycles. The first-order chi connectivity index (χ1) is 10.3. The van der Waals surface area contributed by atoms with Crippen molar-refractivity contribution >= 4 is 31.7 Å². The van der Waals surface area contributed by atoms with Crippen LogP contribution < -0.4 is 0 Å². The fraction of sp³-hybridized carbons (Fsp3) is 0.400. The van der Waals surface area contributed by atoms with Gasteiger partial charge in [-0.05, 0) is 28.4 Å². The van der Waals surface area contributed by atoms with Crippen LogP contribution >= 0.6 is 15.9 Å². The third-order valence-corrected chi connectivity index (χ3v) is 5.41. The van der Waals surface area contributed by atoms with E-state index in [9.17, 15) is 17.6 Å².